The van der Waals surface area contributed by atoms with Crippen LogP contribution in [0.25, 0.3) is 10.9 Å². The maximum absolute atomic E-state index is 11.7. The predicted molar refractivity (Wildman–Crippen MR) is 86.0 cm³/mol. The topological polar surface area (TPSA) is 76.0 Å². The molecule has 0 amide bonds. The highest BCUT2D eigenvalue weighted by molar-refractivity contribution is 7.90. The van der Waals surface area contributed by atoms with Crippen molar-refractivity contribution in [2.45, 2.75) is 26.2 Å². The van der Waals surface area contributed by atoms with Gasteiger partial charge in [-0.3, -0.25) is 9.40 Å². The van der Waals surface area contributed by atoms with Crippen molar-refractivity contribution >= 4 is 38.5 Å². The van der Waals surface area contributed by atoms with E-state index < -0.39 is 10.2 Å². The SMILES string of the molecule is CNS(=O)(=O)Nc1nn(C)c2c(C(C)(C)C)ccc(Cl)c12. The summed E-state index contributed by atoms with van der Waals surface area (Å²) in [6.45, 7) is 6.25. The lowest BCUT2D eigenvalue weighted by molar-refractivity contribution is 0.589. The van der Waals surface area contributed by atoms with Crippen LogP contribution < -0.4 is 9.44 Å². The lowest BCUT2D eigenvalue weighted by atomic mass is 9.85. The molecule has 0 aliphatic rings. The smallest absolute Gasteiger partial charge is 0.265 e. The van der Waals surface area contributed by atoms with Gasteiger partial charge in [0.1, 0.15) is 0 Å². The Kier molecular flexibility index (Phi) is 3.94. The molecule has 0 aliphatic carbocycles. The Labute approximate surface area is 129 Å². The van der Waals surface area contributed by atoms with E-state index >= 15 is 0 Å². The van der Waals surface area contributed by atoms with Crippen molar-refractivity contribution in [3.63, 3.8) is 0 Å². The summed E-state index contributed by atoms with van der Waals surface area (Å²) in [5, 5.41) is 5.32. The van der Waals surface area contributed by atoms with Crippen LogP contribution >= 0.6 is 11.6 Å². The Balaban J connectivity index is 2.78. The predicted octanol–water partition coefficient (Wildman–Crippen LogP) is 2.40. The van der Waals surface area contributed by atoms with Crippen molar-refractivity contribution in [3.8, 4) is 0 Å². The maximum atomic E-state index is 11.7. The van der Waals surface area contributed by atoms with Crippen LogP contribution in [0.4, 0.5) is 5.82 Å². The lowest BCUT2D eigenvalue weighted by Gasteiger charge is -2.20. The minimum atomic E-state index is -3.65. The number of nitrogens with one attached hydrogen (secondary N) is 2. The second kappa shape index (κ2) is 5.15. The fraction of sp³-hybridized carbons (Fsp3) is 0.462. The highest BCUT2D eigenvalue weighted by atomic mass is 35.5. The summed E-state index contributed by atoms with van der Waals surface area (Å²) < 4.78 is 29.6. The Hall–Kier alpha value is -1.31. The standard InChI is InChI=1S/C13H19ClN4O2S/c1-13(2,3)8-6-7-9(14)10-11(8)18(5)16-12(10)17-21(19,20)15-4/h6-7,15H,1-5H3,(H,16,17). The molecule has 2 aromatic rings. The zero-order valence-corrected chi connectivity index (χ0v) is 14.2. The average molecular weight is 331 g/mol. The van der Waals surface area contributed by atoms with Crippen LogP contribution in [0.3, 0.4) is 0 Å². The van der Waals surface area contributed by atoms with Crippen molar-refractivity contribution < 1.29 is 8.42 Å². The van der Waals surface area contributed by atoms with E-state index in [-0.39, 0.29) is 11.2 Å². The third kappa shape index (κ3) is 3.00. The molecule has 0 unspecified atom stereocenters. The molecule has 1 aromatic heterocycles. The Morgan fingerprint density at radius 1 is 1.29 bits per heavy atom. The molecule has 0 spiro atoms. The molecular weight excluding hydrogens is 312 g/mol. The molecule has 6 nitrogen and oxygen atoms in total. The number of hydrogen-bond donors (Lipinski definition) is 2. The minimum Gasteiger partial charge on any atom is -0.265 e. The molecule has 0 radical (unpaired) electrons. The number of rotatable bonds is 3. The molecule has 1 heterocycles. The second-order valence-electron chi connectivity index (χ2n) is 5.85. The largest absolute Gasteiger partial charge is 0.300 e. The molecule has 21 heavy (non-hydrogen) atoms. The maximum Gasteiger partial charge on any atom is 0.300 e. The van der Waals surface area contributed by atoms with E-state index in [9.17, 15) is 8.42 Å². The first-order chi connectivity index (χ1) is 9.57. The van der Waals surface area contributed by atoms with Crippen LogP contribution in [0.1, 0.15) is 26.3 Å². The first kappa shape index (κ1) is 16.1. The van der Waals surface area contributed by atoms with Crippen molar-refractivity contribution in [2.24, 2.45) is 7.05 Å². The lowest BCUT2D eigenvalue weighted by Crippen LogP contribution is -2.26. The van der Waals surface area contributed by atoms with Gasteiger partial charge >= 0.3 is 0 Å². The van der Waals surface area contributed by atoms with Gasteiger partial charge in [0, 0.05) is 14.1 Å². The van der Waals surface area contributed by atoms with E-state index in [1.807, 2.05) is 6.07 Å². The van der Waals surface area contributed by atoms with Gasteiger partial charge in [0.15, 0.2) is 5.82 Å². The summed E-state index contributed by atoms with van der Waals surface area (Å²) in [6, 6.07) is 3.71. The van der Waals surface area contributed by atoms with Gasteiger partial charge in [-0.1, -0.05) is 38.4 Å². The molecule has 116 valence electrons. The van der Waals surface area contributed by atoms with E-state index in [1.165, 1.54) is 7.05 Å². The highest BCUT2D eigenvalue weighted by Gasteiger charge is 2.24. The van der Waals surface area contributed by atoms with Crippen LogP contribution in [-0.2, 0) is 22.7 Å². The third-order valence-corrected chi connectivity index (χ3v) is 4.56. The van der Waals surface area contributed by atoms with Gasteiger partial charge in [0.25, 0.3) is 10.2 Å². The summed E-state index contributed by atoms with van der Waals surface area (Å²) in [4.78, 5) is 0. The Morgan fingerprint density at radius 3 is 2.43 bits per heavy atom. The van der Waals surface area contributed by atoms with E-state index in [1.54, 1.807) is 17.8 Å². The molecule has 0 atom stereocenters. The number of benzene rings is 1. The number of aryl methyl sites for hydroxylation is 1. The number of hydrogen-bond acceptors (Lipinski definition) is 3. The van der Waals surface area contributed by atoms with Gasteiger partial charge in [-0.25, -0.2) is 4.72 Å². The molecule has 2 rings (SSSR count). The van der Waals surface area contributed by atoms with E-state index in [4.69, 9.17) is 11.6 Å². The first-order valence-electron chi connectivity index (χ1n) is 6.44. The van der Waals surface area contributed by atoms with E-state index in [0.717, 1.165) is 11.1 Å². The number of halogens is 1. The van der Waals surface area contributed by atoms with E-state index in [0.29, 0.717) is 10.4 Å². The summed E-state index contributed by atoms with van der Waals surface area (Å²) >= 11 is 6.26. The summed E-state index contributed by atoms with van der Waals surface area (Å²) in [5.41, 5.74) is 1.76. The van der Waals surface area contributed by atoms with E-state index in [2.05, 4.69) is 35.3 Å². The Bertz CT molecular complexity index is 791. The third-order valence-electron chi connectivity index (χ3n) is 3.25. The fourth-order valence-corrected chi connectivity index (χ4v) is 2.97. The molecule has 1 aromatic carbocycles. The molecule has 0 bridgehead atoms. The minimum absolute atomic E-state index is 0.115. The van der Waals surface area contributed by atoms with Gasteiger partial charge in [-0.2, -0.15) is 13.5 Å². The molecule has 0 saturated heterocycles. The number of nitrogens with zero attached hydrogens (tertiary/aromatic N) is 2. The van der Waals surface area contributed by atoms with Gasteiger partial charge < -0.3 is 0 Å². The zero-order chi connectivity index (χ0) is 16.0. The molecule has 8 heteroatoms. The summed E-state index contributed by atoms with van der Waals surface area (Å²) in [5.74, 6) is 0.220. The molecule has 0 fully saturated rings. The average Bonchev–Trinajstić information content (AvgIpc) is 2.66. The monoisotopic (exact) mass is 330 g/mol. The molecule has 2 N–H and O–H groups in total. The summed E-state index contributed by atoms with van der Waals surface area (Å²) in [7, 11) is -0.552. The fourth-order valence-electron chi connectivity index (χ4n) is 2.23. The number of anilines is 1. The molecule has 0 aliphatic heterocycles. The van der Waals surface area contributed by atoms with Crippen molar-refractivity contribution in [1.29, 1.82) is 0 Å². The number of fused-ring (bicyclic) bond motifs is 1. The van der Waals surface area contributed by atoms with Crippen LogP contribution in [-0.4, -0.2) is 25.2 Å². The van der Waals surface area contributed by atoms with Crippen molar-refractivity contribution in [2.75, 3.05) is 11.8 Å². The number of aromatic nitrogens is 2. The quantitative estimate of drug-likeness (QED) is 0.907. The van der Waals surface area contributed by atoms with Crippen LogP contribution in [0.15, 0.2) is 12.1 Å². The van der Waals surface area contributed by atoms with Crippen molar-refractivity contribution in [3.05, 3.63) is 22.7 Å². The molecule has 0 saturated carbocycles. The van der Waals surface area contributed by atoms with Gasteiger partial charge in [0.05, 0.1) is 15.9 Å². The van der Waals surface area contributed by atoms with Crippen LogP contribution in [0.5, 0.6) is 0 Å². The van der Waals surface area contributed by atoms with Gasteiger partial charge in [0.2, 0.25) is 0 Å². The zero-order valence-electron chi connectivity index (χ0n) is 12.7. The normalized spacial score (nSPS) is 12.9. The molecular formula is C13H19ClN4O2S. The van der Waals surface area contributed by atoms with Gasteiger partial charge in [-0.15, -0.1) is 0 Å². The van der Waals surface area contributed by atoms with Crippen LogP contribution in [0.2, 0.25) is 5.02 Å². The Morgan fingerprint density at radius 2 is 1.90 bits per heavy atom. The highest BCUT2D eigenvalue weighted by Crippen LogP contribution is 2.37. The second-order valence-corrected chi connectivity index (χ2v) is 7.88. The summed E-state index contributed by atoms with van der Waals surface area (Å²) in [6.07, 6.45) is 0. The first-order valence-corrected chi connectivity index (χ1v) is 8.30. The van der Waals surface area contributed by atoms with Gasteiger partial charge in [-0.05, 0) is 17.0 Å². The van der Waals surface area contributed by atoms with Crippen molar-refractivity contribution in [1.82, 2.24) is 14.5 Å². The van der Waals surface area contributed by atoms with Crippen LogP contribution in [0, 0.1) is 0 Å².